The Bertz CT molecular complexity index is 544. The van der Waals surface area contributed by atoms with Crippen LogP contribution in [0.3, 0.4) is 0 Å². The van der Waals surface area contributed by atoms with E-state index in [4.69, 9.17) is 0 Å². The molecule has 0 radical (unpaired) electrons. The lowest BCUT2D eigenvalue weighted by Gasteiger charge is -2.38. The van der Waals surface area contributed by atoms with Gasteiger partial charge >= 0.3 is 0 Å². The maximum Gasteiger partial charge on any atom is 0.0386 e. The molecule has 3 rings (SSSR count). The monoisotopic (exact) mass is 364 g/mol. The Labute approximate surface area is 157 Å². The van der Waals surface area contributed by atoms with Crippen molar-refractivity contribution in [2.75, 3.05) is 26.2 Å². The van der Waals surface area contributed by atoms with Crippen LogP contribution in [-0.4, -0.2) is 37.1 Å². The van der Waals surface area contributed by atoms with Gasteiger partial charge < -0.3 is 5.32 Å². The fourth-order valence-corrected chi connectivity index (χ4v) is 3.38. The van der Waals surface area contributed by atoms with Crippen LogP contribution < -0.4 is 5.32 Å². The molecule has 1 N–H and O–H groups in total. The van der Waals surface area contributed by atoms with E-state index in [-0.39, 0.29) is 24.8 Å². The minimum absolute atomic E-state index is 0. The number of piperazine rings is 1. The van der Waals surface area contributed by atoms with Gasteiger partial charge in [0.05, 0.1) is 0 Å². The molecule has 130 valence electrons. The van der Waals surface area contributed by atoms with Crippen LogP contribution in [0.1, 0.15) is 17.0 Å². The number of benzene rings is 2. The normalized spacial score (nSPS) is 15.9. The van der Waals surface area contributed by atoms with Crippen molar-refractivity contribution in [1.29, 1.82) is 0 Å². The molecule has 1 atom stereocenters. The number of nitrogens with zero attached hydrogens (tertiary/aromatic N) is 1. The molecule has 1 unspecified atom stereocenters. The van der Waals surface area contributed by atoms with Crippen molar-refractivity contribution in [3.8, 4) is 0 Å². The predicted molar refractivity (Wildman–Crippen MR) is 108 cm³/mol. The second-order valence-electron chi connectivity index (χ2n) is 5.81. The van der Waals surface area contributed by atoms with Crippen molar-refractivity contribution in [1.82, 2.24) is 10.2 Å². The topological polar surface area (TPSA) is 15.3 Å². The van der Waals surface area contributed by atoms with E-state index in [1.165, 1.54) is 11.1 Å². The SMILES string of the molecule is C=CC(C(c1ccccc1)c1ccccc1)N1CCNCC1.Cl.Cl. The lowest BCUT2D eigenvalue weighted by Crippen LogP contribution is -2.49. The third-order valence-electron chi connectivity index (χ3n) is 4.47. The van der Waals surface area contributed by atoms with Crippen molar-refractivity contribution in [2.24, 2.45) is 0 Å². The standard InChI is InChI=1S/C20H24N2.2ClH/c1-2-19(22-15-13-21-14-16-22)20(17-9-5-3-6-10-17)18-11-7-4-8-12-18;;/h2-12,19-21H,1,13-16H2;2*1H. The Morgan fingerprint density at radius 3 is 1.71 bits per heavy atom. The second-order valence-corrected chi connectivity index (χ2v) is 5.81. The zero-order valence-electron chi connectivity index (χ0n) is 13.8. The average Bonchev–Trinajstić information content (AvgIpc) is 2.62. The Morgan fingerprint density at radius 1 is 0.833 bits per heavy atom. The van der Waals surface area contributed by atoms with Gasteiger partial charge in [0.15, 0.2) is 0 Å². The number of nitrogens with one attached hydrogen (secondary N) is 1. The van der Waals surface area contributed by atoms with Gasteiger partial charge in [0.2, 0.25) is 0 Å². The molecular weight excluding hydrogens is 339 g/mol. The molecule has 0 aliphatic carbocycles. The first-order chi connectivity index (χ1) is 10.9. The number of rotatable bonds is 5. The van der Waals surface area contributed by atoms with E-state index in [1.54, 1.807) is 0 Å². The smallest absolute Gasteiger partial charge is 0.0386 e. The molecule has 1 aliphatic heterocycles. The third-order valence-corrected chi connectivity index (χ3v) is 4.47. The molecule has 2 aromatic rings. The third kappa shape index (κ3) is 4.84. The van der Waals surface area contributed by atoms with E-state index in [1.807, 2.05) is 0 Å². The summed E-state index contributed by atoms with van der Waals surface area (Å²) in [5, 5.41) is 3.44. The van der Waals surface area contributed by atoms with Crippen LogP contribution >= 0.6 is 24.8 Å². The molecule has 0 bridgehead atoms. The minimum Gasteiger partial charge on any atom is -0.314 e. The molecule has 1 heterocycles. The summed E-state index contributed by atoms with van der Waals surface area (Å²) in [4.78, 5) is 2.55. The summed E-state index contributed by atoms with van der Waals surface area (Å²) in [6, 6.07) is 21.9. The van der Waals surface area contributed by atoms with Crippen molar-refractivity contribution in [2.45, 2.75) is 12.0 Å². The lowest BCUT2D eigenvalue weighted by molar-refractivity contribution is 0.189. The summed E-state index contributed by atoms with van der Waals surface area (Å²) in [7, 11) is 0. The van der Waals surface area contributed by atoms with Gasteiger partial charge in [-0.1, -0.05) is 66.7 Å². The van der Waals surface area contributed by atoms with Crippen molar-refractivity contribution < 1.29 is 0 Å². The number of hydrogen-bond acceptors (Lipinski definition) is 2. The van der Waals surface area contributed by atoms with E-state index in [2.05, 4.69) is 83.5 Å². The summed E-state index contributed by atoms with van der Waals surface area (Å²) >= 11 is 0. The van der Waals surface area contributed by atoms with Crippen molar-refractivity contribution in [3.63, 3.8) is 0 Å². The fourth-order valence-electron chi connectivity index (χ4n) is 3.38. The highest BCUT2D eigenvalue weighted by Crippen LogP contribution is 2.31. The van der Waals surface area contributed by atoms with E-state index in [0.717, 1.165) is 26.2 Å². The first kappa shape index (κ1) is 20.7. The molecule has 24 heavy (non-hydrogen) atoms. The summed E-state index contributed by atoms with van der Waals surface area (Å²) < 4.78 is 0. The van der Waals surface area contributed by atoms with E-state index >= 15 is 0 Å². The van der Waals surface area contributed by atoms with Crippen LogP contribution in [0.2, 0.25) is 0 Å². The van der Waals surface area contributed by atoms with E-state index in [9.17, 15) is 0 Å². The van der Waals surface area contributed by atoms with Gasteiger partial charge in [-0.3, -0.25) is 4.90 Å². The Morgan fingerprint density at radius 2 is 1.29 bits per heavy atom. The average molecular weight is 365 g/mol. The quantitative estimate of drug-likeness (QED) is 0.802. The molecule has 0 spiro atoms. The van der Waals surface area contributed by atoms with Gasteiger partial charge in [-0.05, 0) is 11.1 Å². The van der Waals surface area contributed by atoms with E-state index in [0.29, 0.717) is 12.0 Å². The van der Waals surface area contributed by atoms with Gasteiger partial charge in [-0.15, -0.1) is 31.4 Å². The molecule has 4 heteroatoms. The zero-order valence-corrected chi connectivity index (χ0v) is 15.4. The Balaban J connectivity index is 0.00000144. The largest absolute Gasteiger partial charge is 0.314 e. The van der Waals surface area contributed by atoms with Gasteiger partial charge in [0.25, 0.3) is 0 Å². The molecule has 0 amide bonds. The molecule has 2 aromatic carbocycles. The second kappa shape index (κ2) is 10.5. The molecule has 0 aromatic heterocycles. The summed E-state index contributed by atoms with van der Waals surface area (Å²) in [6.07, 6.45) is 2.12. The highest BCUT2D eigenvalue weighted by molar-refractivity contribution is 5.85. The van der Waals surface area contributed by atoms with E-state index < -0.39 is 0 Å². The van der Waals surface area contributed by atoms with Crippen LogP contribution in [-0.2, 0) is 0 Å². The Hall–Kier alpha value is -1.32. The molecule has 0 saturated carbocycles. The van der Waals surface area contributed by atoms with Gasteiger partial charge in [0.1, 0.15) is 0 Å². The molecular formula is C20H26Cl2N2. The number of hydrogen-bond donors (Lipinski definition) is 1. The van der Waals surface area contributed by atoms with Crippen molar-refractivity contribution >= 4 is 24.8 Å². The first-order valence-corrected chi connectivity index (χ1v) is 8.07. The highest BCUT2D eigenvalue weighted by Gasteiger charge is 2.28. The van der Waals surface area contributed by atoms with Crippen LogP contribution in [0, 0.1) is 0 Å². The molecule has 1 saturated heterocycles. The molecule has 1 aliphatic rings. The van der Waals surface area contributed by atoms with Gasteiger partial charge in [-0.25, -0.2) is 0 Å². The Kier molecular flexibility index (Phi) is 9.09. The zero-order chi connectivity index (χ0) is 15.2. The first-order valence-electron chi connectivity index (χ1n) is 8.07. The highest BCUT2D eigenvalue weighted by atomic mass is 35.5. The van der Waals surface area contributed by atoms with Crippen LogP contribution in [0.5, 0.6) is 0 Å². The number of halogens is 2. The predicted octanol–water partition coefficient (Wildman–Crippen LogP) is 4.12. The maximum atomic E-state index is 4.15. The summed E-state index contributed by atoms with van der Waals surface area (Å²) in [6.45, 7) is 8.41. The molecule has 2 nitrogen and oxygen atoms in total. The van der Waals surface area contributed by atoms with Crippen molar-refractivity contribution in [3.05, 3.63) is 84.4 Å². The fraction of sp³-hybridized carbons (Fsp3) is 0.300. The van der Waals surface area contributed by atoms with Gasteiger partial charge in [-0.2, -0.15) is 0 Å². The lowest BCUT2D eigenvalue weighted by atomic mass is 9.84. The van der Waals surface area contributed by atoms with Gasteiger partial charge in [0, 0.05) is 38.1 Å². The molecule has 1 fully saturated rings. The summed E-state index contributed by atoms with van der Waals surface area (Å²) in [5.41, 5.74) is 2.72. The van der Waals surface area contributed by atoms with Crippen LogP contribution in [0.4, 0.5) is 0 Å². The summed E-state index contributed by atoms with van der Waals surface area (Å²) in [5.74, 6) is 0.331. The van der Waals surface area contributed by atoms with Crippen LogP contribution in [0.25, 0.3) is 0 Å². The minimum atomic E-state index is 0. The van der Waals surface area contributed by atoms with Crippen LogP contribution in [0.15, 0.2) is 73.3 Å². The maximum absolute atomic E-state index is 4.15.